The van der Waals surface area contributed by atoms with Crippen LogP contribution in [0.5, 0.6) is 6.01 Å². The lowest BCUT2D eigenvalue weighted by atomic mass is 10.3. The molecular weight excluding hydrogens is 260 g/mol. The fourth-order valence-corrected chi connectivity index (χ4v) is 1.40. The maximum Gasteiger partial charge on any atom is 0.323 e. The highest BCUT2D eigenvalue weighted by Gasteiger charge is 2.08. The number of carbonyl (C=O) groups is 1. The molecule has 0 aliphatic carbocycles. The molecule has 4 N–H and O–H groups in total. The van der Waals surface area contributed by atoms with Crippen LogP contribution in [0.15, 0.2) is 0 Å². The Balaban J connectivity index is 2.67. The lowest BCUT2D eigenvalue weighted by Gasteiger charge is -2.11. The Bertz CT molecular complexity index is 438. The summed E-state index contributed by atoms with van der Waals surface area (Å²) in [6.45, 7) is 7.01. The first kappa shape index (κ1) is 15.9. The number of rotatable bonds is 9. The number of nitrogens with two attached hydrogens (primary N) is 1. The Hall–Kier alpha value is -2.12. The van der Waals surface area contributed by atoms with Gasteiger partial charge in [-0.3, -0.25) is 4.79 Å². The number of hydrogen-bond acceptors (Lipinski definition) is 7. The molecular formula is C12H22N6O2. The summed E-state index contributed by atoms with van der Waals surface area (Å²) in [6, 6.07) is 0.267. The van der Waals surface area contributed by atoms with E-state index in [9.17, 15) is 4.79 Å². The molecule has 0 bridgehead atoms. The summed E-state index contributed by atoms with van der Waals surface area (Å²) < 4.78 is 5.47. The quantitative estimate of drug-likeness (QED) is 0.573. The van der Waals surface area contributed by atoms with E-state index >= 15 is 0 Å². The van der Waals surface area contributed by atoms with Crippen LogP contribution in [0.2, 0.25) is 0 Å². The molecule has 0 fully saturated rings. The van der Waals surface area contributed by atoms with E-state index in [-0.39, 0.29) is 18.0 Å². The van der Waals surface area contributed by atoms with Crippen LogP contribution in [0.1, 0.15) is 33.6 Å². The Kier molecular flexibility index (Phi) is 6.48. The van der Waals surface area contributed by atoms with Crippen molar-refractivity contribution in [1.82, 2.24) is 15.0 Å². The van der Waals surface area contributed by atoms with E-state index in [2.05, 4.69) is 25.6 Å². The summed E-state index contributed by atoms with van der Waals surface area (Å²) in [5.74, 6) is 0.547. The van der Waals surface area contributed by atoms with Crippen molar-refractivity contribution in [3.63, 3.8) is 0 Å². The predicted molar refractivity (Wildman–Crippen MR) is 76.7 cm³/mol. The van der Waals surface area contributed by atoms with E-state index in [1.54, 1.807) is 0 Å². The normalized spacial score (nSPS) is 10.4. The first-order valence-corrected chi connectivity index (χ1v) is 6.70. The van der Waals surface area contributed by atoms with Crippen LogP contribution >= 0.6 is 0 Å². The summed E-state index contributed by atoms with van der Waals surface area (Å²) in [6.07, 6.45) is 0.931. The molecule has 0 saturated carbocycles. The topological polar surface area (TPSA) is 115 Å². The SMILES string of the molecule is CCNc1nc(NCCCC(N)=O)nc(OC(C)C)n1. The van der Waals surface area contributed by atoms with E-state index in [0.717, 1.165) is 0 Å². The van der Waals surface area contributed by atoms with E-state index in [1.807, 2.05) is 20.8 Å². The third-order valence-corrected chi connectivity index (χ3v) is 2.17. The highest BCUT2D eigenvalue weighted by Crippen LogP contribution is 2.12. The van der Waals surface area contributed by atoms with Crippen molar-refractivity contribution in [1.29, 1.82) is 0 Å². The molecule has 1 rings (SSSR count). The molecule has 0 unspecified atom stereocenters. The molecule has 20 heavy (non-hydrogen) atoms. The van der Waals surface area contributed by atoms with Crippen LogP contribution in [0.4, 0.5) is 11.9 Å². The van der Waals surface area contributed by atoms with Crippen molar-refractivity contribution < 1.29 is 9.53 Å². The lowest BCUT2D eigenvalue weighted by Crippen LogP contribution is -2.16. The highest BCUT2D eigenvalue weighted by atomic mass is 16.5. The Labute approximate surface area is 118 Å². The largest absolute Gasteiger partial charge is 0.461 e. The summed E-state index contributed by atoms with van der Waals surface area (Å²) in [4.78, 5) is 23.2. The van der Waals surface area contributed by atoms with Gasteiger partial charge in [0.25, 0.3) is 0 Å². The van der Waals surface area contributed by atoms with Gasteiger partial charge in [0.2, 0.25) is 17.8 Å². The third kappa shape index (κ3) is 6.17. The number of nitrogens with one attached hydrogen (secondary N) is 2. The summed E-state index contributed by atoms with van der Waals surface area (Å²) >= 11 is 0. The molecule has 0 aliphatic rings. The standard InChI is InChI=1S/C12H22N6O2/c1-4-14-10-16-11(15-7-5-6-9(13)19)18-12(17-10)20-8(2)3/h8H,4-7H2,1-3H3,(H2,13,19)(H2,14,15,16,17,18). The summed E-state index contributed by atoms with van der Waals surface area (Å²) in [7, 11) is 0. The molecule has 8 nitrogen and oxygen atoms in total. The number of amides is 1. The zero-order chi connectivity index (χ0) is 15.0. The van der Waals surface area contributed by atoms with Crippen LogP contribution in [0.3, 0.4) is 0 Å². The van der Waals surface area contributed by atoms with Gasteiger partial charge in [-0.1, -0.05) is 0 Å². The smallest absolute Gasteiger partial charge is 0.323 e. The number of aromatic nitrogens is 3. The minimum Gasteiger partial charge on any atom is -0.461 e. The number of carbonyl (C=O) groups excluding carboxylic acids is 1. The lowest BCUT2D eigenvalue weighted by molar-refractivity contribution is -0.118. The van der Waals surface area contributed by atoms with E-state index < -0.39 is 0 Å². The van der Waals surface area contributed by atoms with E-state index in [0.29, 0.717) is 37.8 Å². The Morgan fingerprint density at radius 3 is 2.45 bits per heavy atom. The van der Waals surface area contributed by atoms with Crippen molar-refractivity contribution in [2.24, 2.45) is 5.73 Å². The number of anilines is 2. The second kappa shape index (κ2) is 8.13. The van der Waals surface area contributed by atoms with Gasteiger partial charge >= 0.3 is 6.01 Å². The first-order valence-electron chi connectivity index (χ1n) is 6.70. The van der Waals surface area contributed by atoms with Gasteiger partial charge in [0.15, 0.2) is 0 Å². The average molecular weight is 282 g/mol. The van der Waals surface area contributed by atoms with Gasteiger partial charge in [0.05, 0.1) is 6.10 Å². The molecule has 0 atom stereocenters. The monoisotopic (exact) mass is 282 g/mol. The van der Waals surface area contributed by atoms with Crippen LogP contribution in [0, 0.1) is 0 Å². The van der Waals surface area contributed by atoms with Crippen LogP contribution in [-0.4, -0.2) is 40.1 Å². The minimum absolute atomic E-state index is 0.0189. The fraction of sp³-hybridized carbons (Fsp3) is 0.667. The van der Waals surface area contributed by atoms with Gasteiger partial charge in [-0.25, -0.2) is 0 Å². The second-order valence-corrected chi connectivity index (χ2v) is 4.46. The van der Waals surface area contributed by atoms with Crippen molar-refractivity contribution in [2.75, 3.05) is 23.7 Å². The molecule has 1 aromatic rings. The van der Waals surface area contributed by atoms with Gasteiger partial charge in [-0.2, -0.15) is 15.0 Å². The molecule has 1 aromatic heterocycles. The van der Waals surface area contributed by atoms with Crippen molar-refractivity contribution in [3.8, 4) is 6.01 Å². The van der Waals surface area contributed by atoms with Gasteiger partial charge in [-0.15, -0.1) is 0 Å². The molecule has 112 valence electrons. The molecule has 1 heterocycles. The molecule has 0 spiro atoms. The zero-order valence-corrected chi connectivity index (χ0v) is 12.1. The van der Waals surface area contributed by atoms with Crippen molar-refractivity contribution in [3.05, 3.63) is 0 Å². The van der Waals surface area contributed by atoms with Gasteiger partial charge in [0, 0.05) is 19.5 Å². The van der Waals surface area contributed by atoms with Crippen LogP contribution in [-0.2, 0) is 4.79 Å². The maximum atomic E-state index is 10.6. The zero-order valence-electron chi connectivity index (χ0n) is 12.1. The Morgan fingerprint density at radius 1 is 1.25 bits per heavy atom. The molecule has 8 heteroatoms. The van der Waals surface area contributed by atoms with E-state index in [1.165, 1.54) is 0 Å². The molecule has 0 aromatic carbocycles. The van der Waals surface area contributed by atoms with Crippen LogP contribution in [0.25, 0.3) is 0 Å². The van der Waals surface area contributed by atoms with Gasteiger partial charge in [0.1, 0.15) is 0 Å². The molecule has 0 aliphatic heterocycles. The van der Waals surface area contributed by atoms with Gasteiger partial charge < -0.3 is 21.1 Å². The maximum absolute atomic E-state index is 10.6. The molecule has 0 radical (unpaired) electrons. The highest BCUT2D eigenvalue weighted by molar-refractivity contribution is 5.73. The third-order valence-electron chi connectivity index (χ3n) is 2.17. The number of hydrogen-bond donors (Lipinski definition) is 3. The number of primary amides is 1. The summed E-state index contributed by atoms with van der Waals surface area (Å²) in [5.41, 5.74) is 5.08. The number of nitrogens with zero attached hydrogens (tertiary/aromatic N) is 3. The van der Waals surface area contributed by atoms with Gasteiger partial charge in [-0.05, 0) is 27.2 Å². The van der Waals surface area contributed by atoms with E-state index in [4.69, 9.17) is 10.5 Å². The van der Waals surface area contributed by atoms with Crippen LogP contribution < -0.4 is 21.1 Å². The first-order chi connectivity index (χ1) is 9.51. The number of ether oxygens (including phenoxy) is 1. The molecule has 1 amide bonds. The predicted octanol–water partition coefficient (Wildman–Crippen LogP) is 0.768. The summed E-state index contributed by atoms with van der Waals surface area (Å²) in [5, 5.41) is 6.04. The second-order valence-electron chi connectivity index (χ2n) is 4.46. The minimum atomic E-state index is -0.320. The average Bonchev–Trinajstić information content (AvgIpc) is 2.34. The fourth-order valence-electron chi connectivity index (χ4n) is 1.40. The Morgan fingerprint density at radius 2 is 1.90 bits per heavy atom. The molecule has 0 saturated heterocycles. The van der Waals surface area contributed by atoms with Crippen molar-refractivity contribution >= 4 is 17.8 Å². The van der Waals surface area contributed by atoms with Crippen molar-refractivity contribution in [2.45, 2.75) is 39.7 Å².